The van der Waals surface area contributed by atoms with Gasteiger partial charge in [-0.15, -0.1) is 0 Å². The quantitative estimate of drug-likeness (QED) is 0.321. The lowest BCUT2D eigenvalue weighted by molar-refractivity contribution is -0.154. The topological polar surface area (TPSA) is 148 Å². The number of amides is 4. The van der Waals surface area contributed by atoms with Crippen molar-refractivity contribution in [1.29, 1.82) is 0 Å². The Labute approximate surface area is 239 Å². The van der Waals surface area contributed by atoms with Crippen molar-refractivity contribution in [2.45, 2.75) is 50.4 Å². The molecule has 3 aromatic rings. The second-order valence-corrected chi connectivity index (χ2v) is 10.9. The van der Waals surface area contributed by atoms with E-state index in [1.807, 2.05) is 42.5 Å². The van der Waals surface area contributed by atoms with Gasteiger partial charge in [-0.25, -0.2) is 0 Å². The fourth-order valence-electron chi connectivity index (χ4n) is 5.80. The number of carbonyl (C=O) groups is 4. The smallest absolute Gasteiger partial charge is 0.248 e. The van der Waals surface area contributed by atoms with Crippen molar-refractivity contribution >= 4 is 23.6 Å². The Hall–Kier alpha value is -4.50. The average Bonchev–Trinajstić information content (AvgIpc) is 3.35. The van der Waals surface area contributed by atoms with Crippen LogP contribution in [-0.4, -0.2) is 47.2 Å². The van der Waals surface area contributed by atoms with E-state index in [0.29, 0.717) is 11.1 Å². The van der Waals surface area contributed by atoms with Gasteiger partial charge in [0.15, 0.2) is 0 Å². The zero-order chi connectivity index (χ0) is 29.1. The van der Waals surface area contributed by atoms with Crippen LogP contribution in [0.1, 0.15) is 58.0 Å². The number of nitrogens with zero attached hydrogens (tertiary/aromatic N) is 1. The SMILES string of the molecule is CC(N)C(=O)NC(Cc1cccc(C(N)=O)c1)C(=O)N1CC(C(=O)N[C@@H]2CCc3ccccc32)C1c1ccccc1. The predicted molar refractivity (Wildman–Crippen MR) is 154 cm³/mol. The van der Waals surface area contributed by atoms with Gasteiger partial charge in [-0.3, -0.25) is 19.2 Å². The molecule has 1 aliphatic carbocycles. The van der Waals surface area contributed by atoms with Crippen LogP contribution in [0.5, 0.6) is 0 Å². The van der Waals surface area contributed by atoms with Gasteiger partial charge in [-0.2, -0.15) is 0 Å². The van der Waals surface area contributed by atoms with Gasteiger partial charge in [0.1, 0.15) is 6.04 Å². The maximum absolute atomic E-state index is 14.0. The van der Waals surface area contributed by atoms with Crippen LogP contribution in [0.2, 0.25) is 0 Å². The minimum atomic E-state index is -0.950. The van der Waals surface area contributed by atoms with Crippen LogP contribution in [-0.2, 0) is 27.2 Å². The molecule has 1 fully saturated rings. The first-order chi connectivity index (χ1) is 19.7. The van der Waals surface area contributed by atoms with Gasteiger partial charge in [-0.05, 0) is 54.2 Å². The second kappa shape index (κ2) is 11.9. The van der Waals surface area contributed by atoms with E-state index in [-0.39, 0.29) is 30.8 Å². The van der Waals surface area contributed by atoms with Crippen LogP contribution in [0.15, 0.2) is 78.9 Å². The molecule has 9 nitrogen and oxygen atoms in total. The Morgan fingerprint density at radius 3 is 2.44 bits per heavy atom. The van der Waals surface area contributed by atoms with E-state index in [9.17, 15) is 19.2 Å². The monoisotopic (exact) mass is 553 g/mol. The Bertz CT molecular complexity index is 1460. The van der Waals surface area contributed by atoms with Crippen molar-refractivity contribution in [1.82, 2.24) is 15.5 Å². The number of primary amides is 1. The van der Waals surface area contributed by atoms with E-state index < -0.39 is 35.9 Å². The maximum Gasteiger partial charge on any atom is 0.248 e. The van der Waals surface area contributed by atoms with Crippen molar-refractivity contribution in [3.05, 3.63) is 107 Å². The van der Waals surface area contributed by atoms with Crippen LogP contribution in [0.3, 0.4) is 0 Å². The van der Waals surface area contributed by atoms with Crippen LogP contribution in [0.25, 0.3) is 0 Å². The standard InChI is InChI=1S/C32H35N5O4/c1-19(33)30(39)36-27(17-20-8-7-12-23(16-20)29(34)38)32(41)37-18-25(28(37)22-10-3-2-4-11-22)31(40)35-26-15-14-21-9-5-6-13-24(21)26/h2-13,16,19,25-28H,14-15,17-18,33H2,1H3,(H2,34,38)(H,35,40)(H,36,39)/t19?,25?,26-,27?,28?/m1/s1. The van der Waals surface area contributed by atoms with Crippen LogP contribution >= 0.6 is 0 Å². The van der Waals surface area contributed by atoms with E-state index in [4.69, 9.17) is 11.5 Å². The molecule has 3 aromatic carbocycles. The lowest BCUT2D eigenvalue weighted by atomic mass is 9.81. The summed E-state index contributed by atoms with van der Waals surface area (Å²) in [5.74, 6) is -1.93. The van der Waals surface area contributed by atoms with Gasteiger partial charge in [-0.1, -0.05) is 66.7 Å². The molecule has 0 spiro atoms. The summed E-state index contributed by atoms with van der Waals surface area (Å²) in [4.78, 5) is 53.6. The highest BCUT2D eigenvalue weighted by molar-refractivity contribution is 5.94. The molecule has 5 rings (SSSR count). The molecule has 0 saturated carbocycles. The number of rotatable bonds is 9. The first kappa shape index (κ1) is 28.0. The van der Waals surface area contributed by atoms with Crippen molar-refractivity contribution in [3.8, 4) is 0 Å². The number of hydrogen-bond acceptors (Lipinski definition) is 5. The number of nitrogens with one attached hydrogen (secondary N) is 2. The summed E-state index contributed by atoms with van der Waals surface area (Å²) in [6, 6.07) is 21.9. The Morgan fingerprint density at radius 1 is 0.976 bits per heavy atom. The number of benzene rings is 3. The second-order valence-electron chi connectivity index (χ2n) is 10.9. The molecular weight excluding hydrogens is 518 g/mol. The molecule has 41 heavy (non-hydrogen) atoms. The molecule has 0 bridgehead atoms. The van der Waals surface area contributed by atoms with Crippen LogP contribution in [0.4, 0.5) is 0 Å². The fourth-order valence-corrected chi connectivity index (χ4v) is 5.80. The molecule has 5 atom stereocenters. The largest absolute Gasteiger partial charge is 0.366 e. The summed E-state index contributed by atoms with van der Waals surface area (Å²) in [7, 11) is 0. The van der Waals surface area contributed by atoms with Crippen molar-refractivity contribution in [2.75, 3.05) is 6.54 Å². The van der Waals surface area contributed by atoms with Gasteiger partial charge < -0.3 is 27.0 Å². The fraction of sp³-hybridized carbons (Fsp3) is 0.312. The molecule has 4 amide bonds. The van der Waals surface area contributed by atoms with E-state index in [1.165, 1.54) is 5.56 Å². The summed E-state index contributed by atoms with van der Waals surface area (Å²) in [5.41, 5.74) is 15.4. The lowest BCUT2D eigenvalue weighted by Gasteiger charge is -2.49. The number of carbonyl (C=O) groups excluding carboxylic acids is 4. The molecular formula is C32H35N5O4. The molecule has 1 heterocycles. The molecule has 1 aliphatic heterocycles. The van der Waals surface area contributed by atoms with Gasteiger partial charge in [0, 0.05) is 18.5 Å². The normalized spacial score (nSPS) is 20.7. The van der Waals surface area contributed by atoms with Crippen molar-refractivity contribution in [3.63, 3.8) is 0 Å². The van der Waals surface area contributed by atoms with Crippen LogP contribution in [0, 0.1) is 5.92 Å². The van der Waals surface area contributed by atoms with E-state index in [2.05, 4.69) is 22.8 Å². The zero-order valence-corrected chi connectivity index (χ0v) is 23.0. The summed E-state index contributed by atoms with van der Waals surface area (Å²) < 4.78 is 0. The Morgan fingerprint density at radius 2 is 1.71 bits per heavy atom. The number of fused-ring (bicyclic) bond motifs is 1. The first-order valence-electron chi connectivity index (χ1n) is 13.9. The molecule has 0 aromatic heterocycles. The highest BCUT2D eigenvalue weighted by Gasteiger charge is 2.49. The number of aryl methyl sites for hydroxylation is 1. The van der Waals surface area contributed by atoms with Gasteiger partial charge >= 0.3 is 0 Å². The lowest BCUT2D eigenvalue weighted by Crippen LogP contribution is -2.62. The van der Waals surface area contributed by atoms with Crippen LogP contribution < -0.4 is 22.1 Å². The third-order valence-electron chi connectivity index (χ3n) is 8.00. The van der Waals surface area contributed by atoms with Crippen molar-refractivity contribution in [2.24, 2.45) is 17.4 Å². The summed E-state index contributed by atoms with van der Waals surface area (Å²) in [6.07, 6.45) is 1.88. The average molecular weight is 554 g/mol. The summed E-state index contributed by atoms with van der Waals surface area (Å²) >= 11 is 0. The minimum absolute atomic E-state index is 0.0597. The molecule has 6 N–H and O–H groups in total. The summed E-state index contributed by atoms with van der Waals surface area (Å²) in [6.45, 7) is 1.76. The molecule has 212 valence electrons. The van der Waals surface area contributed by atoms with E-state index in [1.54, 1.807) is 36.1 Å². The minimum Gasteiger partial charge on any atom is -0.366 e. The zero-order valence-electron chi connectivity index (χ0n) is 23.0. The molecule has 4 unspecified atom stereocenters. The highest BCUT2D eigenvalue weighted by atomic mass is 16.2. The number of likely N-dealkylation sites (tertiary alicyclic amines) is 1. The predicted octanol–water partition coefficient (Wildman–Crippen LogP) is 2.16. The number of nitrogens with two attached hydrogens (primary N) is 2. The van der Waals surface area contributed by atoms with Gasteiger partial charge in [0.25, 0.3) is 0 Å². The maximum atomic E-state index is 14.0. The molecule has 2 aliphatic rings. The first-order valence-corrected chi connectivity index (χ1v) is 13.9. The number of hydrogen-bond donors (Lipinski definition) is 4. The molecule has 1 saturated heterocycles. The van der Waals surface area contributed by atoms with Gasteiger partial charge in [0.05, 0.1) is 24.0 Å². The third kappa shape index (κ3) is 6.00. The Kier molecular flexibility index (Phi) is 8.16. The third-order valence-corrected chi connectivity index (χ3v) is 8.00. The molecule has 0 radical (unpaired) electrons. The highest BCUT2D eigenvalue weighted by Crippen LogP contribution is 2.41. The van der Waals surface area contributed by atoms with Crippen molar-refractivity contribution < 1.29 is 19.2 Å². The van der Waals surface area contributed by atoms with Gasteiger partial charge in [0.2, 0.25) is 23.6 Å². The molecule has 9 heteroatoms. The van der Waals surface area contributed by atoms with E-state index in [0.717, 1.165) is 24.0 Å². The summed E-state index contributed by atoms with van der Waals surface area (Å²) in [5, 5.41) is 6.00. The van der Waals surface area contributed by atoms with E-state index >= 15 is 0 Å². The Balaban J connectivity index is 1.38.